The minimum atomic E-state index is -0.910. The molecule has 0 saturated carbocycles. The first kappa shape index (κ1) is 12.4. The molecular weight excluding hydrogens is 284 g/mol. The predicted molar refractivity (Wildman–Crippen MR) is 77.4 cm³/mol. The van der Waals surface area contributed by atoms with E-state index in [4.69, 9.17) is 5.11 Å². The van der Waals surface area contributed by atoms with E-state index in [-0.39, 0.29) is 0 Å². The van der Waals surface area contributed by atoms with E-state index in [1.165, 1.54) is 18.1 Å². The highest BCUT2D eigenvalue weighted by Crippen LogP contribution is 2.29. The molecular formula is C11H10N4O2S2. The molecule has 0 radical (unpaired) electrons. The molecule has 0 aliphatic carbocycles. The minimum absolute atomic E-state index is 0.323. The van der Waals surface area contributed by atoms with Crippen LogP contribution < -0.4 is 4.90 Å². The van der Waals surface area contributed by atoms with Crippen LogP contribution in [0.4, 0.5) is 5.82 Å². The number of hydrogen-bond donors (Lipinski definition) is 2. The van der Waals surface area contributed by atoms with Crippen molar-refractivity contribution in [3.63, 3.8) is 0 Å². The molecule has 0 atom stereocenters. The summed E-state index contributed by atoms with van der Waals surface area (Å²) in [5.41, 5.74) is 0.705. The zero-order valence-corrected chi connectivity index (χ0v) is 11.4. The van der Waals surface area contributed by atoms with E-state index in [1.54, 1.807) is 16.4 Å². The molecule has 2 aromatic heterocycles. The van der Waals surface area contributed by atoms with Crippen molar-refractivity contribution >= 4 is 47.4 Å². The van der Waals surface area contributed by atoms with Gasteiger partial charge in [0, 0.05) is 24.7 Å². The van der Waals surface area contributed by atoms with Crippen LogP contribution in [0, 0.1) is 0 Å². The average Bonchev–Trinajstić information content (AvgIpc) is 2.81. The second-order valence-electron chi connectivity index (χ2n) is 3.94. The number of carboxylic acids is 1. The molecule has 0 bridgehead atoms. The number of thiol groups is 1. The van der Waals surface area contributed by atoms with Crippen molar-refractivity contribution in [1.29, 1.82) is 0 Å². The Labute approximate surface area is 118 Å². The van der Waals surface area contributed by atoms with Crippen molar-refractivity contribution in [2.75, 3.05) is 17.2 Å². The number of carboxylic acid groups (broad SMARTS) is 1. The van der Waals surface area contributed by atoms with Crippen LogP contribution in [0.3, 0.4) is 0 Å². The smallest absolute Gasteiger partial charge is 0.343 e. The lowest BCUT2D eigenvalue weighted by atomic mass is 10.3. The monoisotopic (exact) mass is 294 g/mol. The van der Waals surface area contributed by atoms with Gasteiger partial charge in [0.1, 0.15) is 17.1 Å². The van der Waals surface area contributed by atoms with Crippen LogP contribution in [0.5, 0.6) is 0 Å². The summed E-state index contributed by atoms with van der Waals surface area (Å²) in [6.07, 6.45) is 4.86. The van der Waals surface area contributed by atoms with E-state index < -0.39 is 5.97 Å². The molecule has 6 nitrogen and oxygen atoms in total. The summed E-state index contributed by atoms with van der Waals surface area (Å²) >= 11 is 5.59. The number of fused-ring (bicyclic) bond motifs is 1. The van der Waals surface area contributed by atoms with Crippen LogP contribution in [-0.4, -0.2) is 37.3 Å². The molecule has 19 heavy (non-hydrogen) atoms. The summed E-state index contributed by atoms with van der Waals surface area (Å²) in [6.45, 7) is 0.714. The maximum Gasteiger partial charge on any atom is 0.343 e. The largest absolute Gasteiger partial charge is 0.477 e. The highest BCUT2D eigenvalue weighted by Gasteiger charge is 2.20. The summed E-state index contributed by atoms with van der Waals surface area (Å²) in [5, 5.41) is 9.91. The molecule has 0 spiro atoms. The molecule has 0 saturated heterocycles. The lowest BCUT2D eigenvalue weighted by molar-refractivity contribution is -0.131. The lowest BCUT2D eigenvalue weighted by Gasteiger charge is -2.24. The average molecular weight is 294 g/mol. The van der Waals surface area contributed by atoms with E-state index in [0.717, 1.165) is 5.39 Å². The van der Waals surface area contributed by atoms with Gasteiger partial charge in [-0.1, -0.05) is 12.8 Å². The molecule has 2 aromatic rings. The molecule has 0 aromatic carbocycles. The highest BCUT2D eigenvalue weighted by molar-refractivity contribution is 8.04. The topological polar surface area (TPSA) is 71.2 Å². The van der Waals surface area contributed by atoms with E-state index in [2.05, 4.69) is 22.8 Å². The second kappa shape index (κ2) is 4.78. The van der Waals surface area contributed by atoms with E-state index in [9.17, 15) is 4.79 Å². The Hall–Kier alpha value is -1.67. The Kier molecular flexibility index (Phi) is 3.11. The molecule has 1 aliphatic heterocycles. The van der Waals surface area contributed by atoms with Crippen molar-refractivity contribution < 1.29 is 9.90 Å². The molecule has 3 rings (SSSR count). The highest BCUT2D eigenvalue weighted by atomic mass is 32.2. The fourth-order valence-electron chi connectivity index (χ4n) is 1.93. The normalized spacial score (nSPS) is 15.6. The van der Waals surface area contributed by atoms with Crippen molar-refractivity contribution in [2.45, 2.75) is 0 Å². The fourth-order valence-corrected chi connectivity index (χ4v) is 2.99. The van der Waals surface area contributed by atoms with Gasteiger partial charge in [-0.2, -0.15) is 0 Å². The molecule has 1 aliphatic rings. The molecule has 0 fully saturated rings. The van der Waals surface area contributed by atoms with Crippen LogP contribution in [-0.2, 0) is 4.79 Å². The van der Waals surface area contributed by atoms with Crippen molar-refractivity contribution in [3.8, 4) is 0 Å². The summed E-state index contributed by atoms with van der Waals surface area (Å²) in [5.74, 6) is 0.509. The summed E-state index contributed by atoms with van der Waals surface area (Å²) in [6, 6.07) is 1.87. The summed E-state index contributed by atoms with van der Waals surface area (Å²) < 4.78 is 1.61. The van der Waals surface area contributed by atoms with Crippen LogP contribution in [0.25, 0.3) is 11.0 Å². The predicted octanol–water partition coefficient (Wildman–Crippen LogP) is 1.60. The van der Waals surface area contributed by atoms with Gasteiger partial charge < -0.3 is 10.0 Å². The van der Waals surface area contributed by atoms with E-state index >= 15 is 0 Å². The zero-order chi connectivity index (χ0) is 13.4. The van der Waals surface area contributed by atoms with Crippen LogP contribution in [0.15, 0.2) is 29.7 Å². The maximum atomic E-state index is 11.0. The molecule has 0 unspecified atom stereocenters. The Morgan fingerprint density at radius 2 is 2.32 bits per heavy atom. The molecule has 0 amide bonds. The van der Waals surface area contributed by atoms with E-state index in [0.29, 0.717) is 28.7 Å². The van der Waals surface area contributed by atoms with Crippen molar-refractivity contribution in [1.82, 2.24) is 13.9 Å². The number of aromatic nitrogens is 3. The van der Waals surface area contributed by atoms with Gasteiger partial charge in [-0.25, -0.2) is 14.8 Å². The third-order valence-electron chi connectivity index (χ3n) is 2.79. The molecule has 8 heteroatoms. The van der Waals surface area contributed by atoms with Crippen molar-refractivity contribution in [2.24, 2.45) is 0 Å². The Bertz CT molecular complexity index is 682. The third-order valence-corrected chi connectivity index (χ3v) is 4.09. The summed E-state index contributed by atoms with van der Waals surface area (Å²) in [7, 11) is 0. The molecule has 3 heterocycles. The van der Waals surface area contributed by atoms with E-state index in [1.807, 2.05) is 11.0 Å². The first-order valence-corrected chi connectivity index (χ1v) is 6.91. The number of anilines is 1. The van der Waals surface area contributed by atoms with Gasteiger partial charge in [-0.15, -0.1) is 11.8 Å². The van der Waals surface area contributed by atoms with Gasteiger partial charge in [-0.3, -0.25) is 3.97 Å². The third kappa shape index (κ3) is 2.17. The maximum absolute atomic E-state index is 11.0. The molecule has 98 valence electrons. The lowest BCUT2D eigenvalue weighted by Crippen LogP contribution is -2.26. The first-order valence-electron chi connectivity index (χ1n) is 5.52. The van der Waals surface area contributed by atoms with Gasteiger partial charge in [0.25, 0.3) is 0 Å². The SMILES string of the molecule is O=C(O)C1=CN(c2ncnc3c2ccn3S)CCS1. The van der Waals surface area contributed by atoms with Crippen LogP contribution in [0.2, 0.25) is 0 Å². The van der Waals surface area contributed by atoms with Gasteiger partial charge in [0.2, 0.25) is 0 Å². The van der Waals surface area contributed by atoms with Crippen LogP contribution >= 0.6 is 24.6 Å². The number of rotatable bonds is 2. The van der Waals surface area contributed by atoms with Gasteiger partial charge >= 0.3 is 5.97 Å². The molecule has 1 N–H and O–H groups in total. The number of nitrogens with zero attached hydrogens (tertiary/aromatic N) is 4. The number of aliphatic carboxylic acids is 1. The quantitative estimate of drug-likeness (QED) is 0.820. The first-order chi connectivity index (χ1) is 9.16. The van der Waals surface area contributed by atoms with Crippen LogP contribution in [0.1, 0.15) is 0 Å². The second-order valence-corrected chi connectivity index (χ2v) is 5.50. The van der Waals surface area contributed by atoms with Gasteiger partial charge in [-0.05, 0) is 6.07 Å². The standard InChI is InChI=1S/C11H10N4O2S2/c16-11(17)8-5-14(3-4-19-8)9-7-1-2-15(18)10(7)13-6-12-9/h1-2,5-6,18H,3-4H2,(H,16,17). The Morgan fingerprint density at radius 1 is 1.47 bits per heavy atom. The number of hydrogen-bond acceptors (Lipinski definition) is 6. The van der Waals surface area contributed by atoms with Gasteiger partial charge in [0.15, 0.2) is 5.65 Å². The van der Waals surface area contributed by atoms with Gasteiger partial charge in [0.05, 0.1) is 5.39 Å². The number of thioether (sulfide) groups is 1. The zero-order valence-electron chi connectivity index (χ0n) is 9.72. The Morgan fingerprint density at radius 3 is 3.11 bits per heavy atom. The minimum Gasteiger partial charge on any atom is -0.477 e. The number of carbonyl (C=O) groups is 1. The Balaban J connectivity index is 2.09. The summed E-state index contributed by atoms with van der Waals surface area (Å²) in [4.78, 5) is 21.6. The fraction of sp³-hybridized carbons (Fsp3) is 0.182. The van der Waals surface area contributed by atoms with Crippen molar-refractivity contribution in [3.05, 3.63) is 29.7 Å².